The van der Waals surface area contributed by atoms with Crippen LogP contribution in [0.1, 0.15) is 26.7 Å². The number of likely N-dealkylation sites (N-methyl/N-ethyl adjacent to an activating group) is 1. The zero-order chi connectivity index (χ0) is 14.4. The monoisotopic (exact) mass is 275 g/mol. The molecule has 0 aliphatic carbocycles. The molecule has 1 atom stereocenters. The van der Waals surface area contributed by atoms with Gasteiger partial charge in [-0.1, -0.05) is 24.2 Å². The Hall–Kier alpha value is -1.88. The first-order chi connectivity index (χ1) is 9.72. The number of hydrogen-bond acceptors (Lipinski definition) is 5. The molecule has 0 radical (unpaired) electrons. The zero-order valence-corrected chi connectivity index (χ0v) is 12.2. The van der Waals surface area contributed by atoms with Crippen LogP contribution in [0.25, 0.3) is 11.4 Å². The molecule has 1 heterocycles. The molecule has 5 heteroatoms. The minimum atomic E-state index is 0.322. The summed E-state index contributed by atoms with van der Waals surface area (Å²) in [4.78, 5) is 4.43. The van der Waals surface area contributed by atoms with E-state index in [0.29, 0.717) is 24.4 Å². The first-order valence-corrected chi connectivity index (χ1v) is 7.02. The fourth-order valence-corrected chi connectivity index (χ4v) is 2.03. The van der Waals surface area contributed by atoms with Crippen LogP contribution in [0.4, 0.5) is 0 Å². The predicted molar refractivity (Wildman–Crippen MR) is 77.7 cm³/mol. The molecule has 1 aromatic carbocycles. The van der Waals surface area contributed by atoms with Gasteiger partial charge < -0.3 is 14.6 Å². The number of nitrogens with zero attached hydrogens (tertiary/aromatic N) is 2. The van der Waals surface area contributed by atoms with Gasteiger partial charge in [-0.2, -0.15) is 4.98 Å². The molecule has 0 aliphatic heterocycles. The van der Waals surface area contributed by atoms with Crippen molar-refractivity contribution < 1.29 is 9.26 Å². The van der Waals surface area contributed by atoms with Gasteiger partial charge in [0.1, 0.15) is 5.75 Å². The molecule has 0 amide bonds. The van der Waals surface area contributed by atoms with Crippen molar-refractivity contribution in [2.75, 3.05) is 13.2 Å². The summed E-state index contributed by atoms with van der Waals surface area (Å²) < 4.78 is 10.8. The van der Waals surface area contributed by atoms with Crippen LogP contribution in [0.15, 0.2) is 28.8 Å². The molecule has 0 saturated heterocycles. The highest BCUT2D eigenvalue weighted by atomic mass is 16.5. The Morgan fingerprint density at radius 1 is 1.35 bits per heavy atom. The number of rotatable bonds is 7. The van der Waals surface area contributed by atoms with Crippen molar-refractivity contribution in [2.24, 2.45) is 0 Å². The molecule has 5 nitrogen and oxygen atoms in total. The summed E-state index contributed by atoms with van der Waals surface area (Å²) in [6.45, 7) is 7.71. The van der Waals surface area contributed by atoms with Crippen LogP contribution in [-0.2, 0) is 6.42 Å². The van der Waals surface area contributed by atoms with Gasteiger partial charge in [0, 0.05) is 18.0 Å². The molecule has 108 valence electrons. The Balaban J connectivity index is 2.10. The van der Waals surface area contributed by atoms with Crippen molar-refractivity contribution in [1.82, 2.24) is 15.5 Å². The molecule has 0 bridgehead atoms. The lowest BCUT2D eigenvalue weighted by Gasteiger charge is -2.07. The summed E-state index contributed by atoms with van der Waals surface area (Å²) in [5.74, 6) is 2.07. The van der Waals surface area contributed by atoms with E-state index in [0.717, 1.165) is 24.3 Å². The van der Waals surface area contributed by atoms with Crippen LogP contribution in [0, 0.1) is 0 Å². The van der Waals surface area contributed by atoms with Crippen molar-refractivity contribution in [3.05, 3.63) is 30.2 Å². The van der Waals surface area contributed by atoms with E-state index in [-0.39, 0.29) is 0 Å². The van der Waals surface area contributed by atoms with Crippen LogP contribution >= 0.6 is 0 Å². The number of nitrogens with one attached hydrogen (secondary N) is 1. The number of benzene rings is 1. The van der Waals surface area contributed by atoms with Gasteiger partial charge >= 0.3 is 0 Å². The average Bonchev–Trinajstić information content (AvgIpc) is 2.88. The van der Waals surface area contributed by atoms with Gasteiger partial charge in [0.15, 0.2) is 0 Å². The molecule has 0 saturated carbocycles. The summed E-state index contributed by atoms with van der Waals surface area (Å²) in [5.41, 5.74) is 0.905. The fraction of sp³-hybridized carbons (Fsp3) is 0.467. The molecule has 0 aliphatic rings. The Bertz CT molecular complexity index is 539. The fourth-order valence-electron chi connectivity index (χ4n) is 2.03. The summed E-state index contributed by atoms with van der Waals surface area (Å²) in [5, 5.41) is 7.35. The summed E-state index contributed by atoms with van der Waals surface area (Å²) in [6, 6.07) is 8.04. The maximum atomic E-state index is 5.48. The minimum absolute atomic E-state index is 0.322. The third kappa shape index (κ3) is 3.81. The van der Waals surface area contributed by atoms with E-state index in [9.17, 15) is 0 Å². The van der Waals surface area contributed by atoms with Gasteiger partial charge in [-0.3, -0.25) is 0 Å². The molecular weight excluding hydrogens is 254 g/mol. The number of hydrogen-bond donors (Lipinski definition) is 1. The predicted octanol–water partition coefficient (Wildman–Crippen LogP) is 2.68. The second-order valence-electron chi connectivity index (χ2n) is 4.64. The van der Waals surface area contributed by atoms with Crippen LogP contribution in [0.3, 0.4) is 0 Å². The topological polar surface area (TPSA) is 60.2 Å². The second-order valence-corrected chi connectivity index (χ2v) is 4.64. The van der Waals surface area contributed by atoms with E-state index >= 15 is 0 Å². The Kier molecular flexibility index (Phi) is 5.12. The summed E-state index contributed by atoms with van der Waals surface area (Å²) in [6.07, 6.45) is 0.728. The first-order valence-electron chi connectivity index (χ1n) is 7.02. The van der Waals surface area contributed by atoms with Gasteiger partial charge in [0.2, 0.25) is 11.7 Å². The van der Waals surface area contributed by atoms with Crippen LogP contribution in [-0.4, -0.2) is 29.3 Å². The minimum Gasteiger partial charge on any atom is -0.494 e. The zero-order valence-electron chi connectivity index (χ0n) is 12.2. The van der Waals surface area contributed by atoms with Crippen molar-refractivity contribution in [3.63, 3.8) is 0 Å². The lowest BCUT2D eigenvalue weighted by Crippen LogP contribution is -2.27. The van der Waals surface area contributed by atoms with Gasteiger partial charge in [-0.05, 0) is 32.5 Å². The third-order valence-corrected chi connectivity index (χ3v) is 2.90. The van der Waals surface area contributed by atoms with E-state index < -0.39 is 0 Å². The molecule has 1 aromatic heterocycles. The maximum Gasteiger partial charge on any atom is 0.228 e. The normalized spacial score (nSPS) is 12.3. The Morgan fingerprint density at radius 3 is 2.95 bits per heavy atom. The van der Waals surface area contributed by atoms with Gasteiger partial charge in [-0.15, -0.1) is 0 Å². The highest BCUT2D eigenvalue weighted by molar-refractivity contribution is 5.56. The molecule has 0 fully saturated rings. The van der Waals surface area contributed by atoms with Crippen LogP contribution in [0.2, 0.25) is 0 Å². The van der Waals surface area contributed by atoms with Gasteiger partial charge in [0.25, 0.3) is 0 Å². The van der Waals surface area contributed by atoms with Crippen molar-refractivity contribution in [1.29, 1.82) is 0 Å². The van der Waals surface area contributed by atoms with Gasteiger partial charge in [0.05, 0.1) is 6.61 Å². The molecular formula is C15H21N3O2. The first kappa shape index (κ1) is 14.5. The van der Waals surface area contributed by atoms with Crippen molar-refractivity contribution in [2.45, 2.75) is 33.2 Å². The highest BCUT2D eigenvalue weighted by Gasteiger charge is 2.12. The molecule has 2 aromatic rings. The van der Waals surface area contributed by atoms with Crippen molar-refractivity contribution >= 4 is 0 Å². The standard InChI is InChI=1S/C15H21N3O2/c1-4-16-11(3)9-14-17-15(18-20-14)12-7-6-8-13(10-12)19-5-2/h6-8,10-11,16H,4-5,9H2,1-3H3. The smallest absolute Gasteiger partial charge is 0.228 e. The summed E-state index contributed by atoms with van der Waals surface area (Å²) in [7, 11) is 0. The lowest BCUT2D eigenvalue weighted by atomic mass is 10.2. The summed E-state index contributed by atoms with van der Waals surface area (Å²) >= 11 is 0. The van der Waals surface area contributed by atoms with Crippen molar-refractivity contribution in [3.8, 4) is 17.1 Å². The van der Waals surface area contributed by atoms with Crippen LogP contribution in [0.5, 0.6) is 5.75 Å². The lowest BCUT2D eigenvalue weighted by molar-refractivity contribution is 0.340. The highest BCUT2D eigenvalue weighted by Crippen LogP contribution is 2.21. The second kappa shape index (κ2) is 7.05. The van der Waals surface area contributed by atoms with E-state index in [1.54, 1.807) is 0 Å². The Morgan fingerprint density at radius 2 is 2.20 bits per heavy atom. The molecule has 1 unspecified atom stereocenters. The number of aromatic nitrogens is 2. The largest absolute Gasteiger partial charge is 0.494 e. The van der Waals surface area contributed by atoms with E-state index in [1.165, 1.54) is 0 Å². The quantitative estimate of drug-likeness (QED) is 0.841. The van der Waals surface area contributed by atoms with Crippen LogP contribution < -0.4 is 10.1 Å². The SMILES string of the molecule is CCNC(C)Cc1nc(-c2cccc(OCC)c2)no1. The molecule has 2 rings (SSSR count). The number of ether oxygens (including phenoxy) is 1. The van der Waals surface area contributed by atoms with E-state index in [2.05, 4.69) is 29.3 Å². The molecule has 20 heavy (non-hydrogen) atoms. The molecule has 0 spiro atoms. The van der Waals surface area contributed by atoms with E-state index in [1.807, 2.05) is 31.2 Å². The Labute approximate surface area is 119 Å². The van der Waals surface area contributed by atoms with E-state index in [4.69, 9.17) is 9.26 Å². The maximum absolute atomic E-state index is 5.48. The molecule has 1 N–H and O–H groups in total. The van der Waals surface area contributed by atoms with Gasteiger partial charge in [-0.25, -0.2) is 0 Å². The third-order valence-electron chi connectivity index (χ3n) is 2.90. The average molecular weight is 275 g/mol.